The quantitative estimate of drug-likeness (QED) is 0.753. The highest BCUT2D eigenvalue weighted by atomic mass is 16.5. The molecule has 120 valence electrons. The molecule has 23 heavy (non-hydrogen) atoms. The molecule has 2 aromatic carbocycles. The van der Waals surface area contributed by atoms with E-state index in [4.69, 9.17) is 9.47 Å². The van der Waals surface area contributed by atoms with Crippen LogP contribution in [0.3, 0.4) is 0 Å². The molecule has 2 saturated carbocycles. The van der Waals surface area contributed by atoms with Crippen molar-refractivity contribution < 1.29 is 9.47 Å². The van der Waals surface area contributed by atoms with Crippen molar-refractivity contribution in [3.05, 3.63) is 60.2 Å². The highest BCUT2D eigenvalue weighted by Gasteiger charge is 2.35. The van der Waals surface area contributed by atoms with Gasteiger partial charge in [0.05, 0.1) is 6.10 Å². The van der Waals surface area contributed by atoms with E-state index >= 15 is 0 Å². The van der Waals surface area contributed by atoms with Crippen molar-refractivity contribution in [3.63, 3.8) is 0 Å². The monoisotopic (exact) mass is 308 g/mol. The molecule has 2 fully saturated rings. The largest absolute Gasteiger partial charge is 0.490 e. The summed E-state index contributed by atoms with van der Waals surface area (Å²) < 4.78 is 12.1. The molecule has 2 bridgehead atoms. The molecule has 4 rings (SSSR count). The molecule has 0 aromatic heterocycles. The molecule has 2 aromatic rings. The molecule has 0 radical (unpaired) electrons. The summed E-state index contributed by atoms with van der Waals surface area (Å²) in [4.78, 5) is 0. The van der Waals surface area contributed by atoms with Gasteiger partial charge in [-0.1, -0.05) is 49.2 Å². The normalized spacial score (nSPS) is 26.0. The fraction of sp³-hybridized carbons (Fsp3) is 0.429. The van der Waals surface area contributed by atoms with Gasteiger partial charge in [-0.25, -0.2) is 0 Å². The van der Waals surface area contributed by atoms with E-state index in [1.807, 2.05) is 42.5 Å². The van der Waals surface area contributed by atoms with Crippen molar-refractivity contribution in [2.45, 2.75) is 44.8 Å². The second-order valence-corrected chi connectivity index (χ2v) is 7.01. The van der Waals surface area contributed by atoms with Gasteiger partial charge in [0.25, 0.3) is 0 Å². The summed E-state index contributed by atoms with van der Waals surface area (Å²) in [6.45, 7) is 0.595. The Balaban J connectivity index is 1.36. The maximum absolute atomic E-state index is 6.25. The zero-order valence-electron chi connectivity index (χ0n) is 13.5. The van der Waals surface area contributed by atoms with E-state index in [1.165, 1.54) is 37.7 Å². The summed E-state index contributed by atoms with van der Waals surface area (Å²) in [5.74, 6) is 3.62. The first-order chi connectivity index (χ1) is 11.3. The lowest BCUT2D eigenvalue weighted by Crippen LogP contribution is -2.25. The van der Waals surface area contributed by atoms with E-state index in [0.29, 0.717) is 12.7 Å². The molecule has 0 amide bonds. The Morgan fingerprint density at radius 1 is 0.783 bits per heavy atom. The van der Waals surface area contributed by atoms with Gasteiger partial charge in [-0.3, -0.25) is 0 Å². The molecule has 1 unspecified atom stereocenters. The molecular formula is C21H24O2. The molecule has 0 heterocycles. The van der Waals surface area contributed by atoms with Crippen LogP contribution in [0.5, 0.6) is 11.5 Å². The second-order valence-electron chi connectivity index (χ2n) is 7.01. The van der Waals surface area contributed by atoms with E-state index in [1.54, 1.807) is 0 Å². The molecule has 0 N–H and O–H groups in total. The second kappa shape index (κ2) is 6.66. The maximum Gasteiger partial charge on any atom is 0.123 e. The van der Waals surface area contributed by atoms with Crippen LogP contribution in [-0.2, 0) is 6.61 Å². The van der Waals surface area contributed by atoms with E-state index < -0.39 is 0 Å². The van der Waals surface area contributed by atoms with Crippen LogP contribution in [-0.4, -0.2) is 6.10 Å². The van der Waals surface area contributed by atoms with Gasteiger partial charge in [0, 0.05) is 6.07 Å². The highest BCUT2D eigenvalue weighted by Crippen LogP contribution is 2.43. The lowest BCUT2D eigenvalue weighted by atomic mass is 9.87. The van der Waals surface area contributed by atoms with Gasteiger partial charge < -0.3 is 9.47 Å². The minimum Gasteiger partial charge on any atom is -0.490 e. The van der Waals surface area contributed by atoms with Gasteiger partial charge in [0.1, 0.15) is 18.1 Å². The summed E-state index contributed by atoms with van der Waals surface area (Å²) in [6, 6.07) is 18.4. The minimum atomic E-state index is 0.394. The summed E-state index contributed by atoms with van der Waals surface area (Å²) >= 11 is 0. The molecule has 2 nitrogen and oxygen atoms in total. The standard InChI is InChI=1S/C21H24O2/c1-2-5-16(6-3-1)15-22-19-7-4-8-20(14-19)23-21-12-17-9-10-18(11-17)13-21/h1-8,14,17-18,21H,9-13,15H2/t17-,18+,21?. The molecule has 2 heteroatoms. The lowest BCUT2D eigenvalue weighted by Gasteiger charge is -2.28. The van der Waals surface area contributed by atoms with E-state index in [9.17, 15) is 0 Å². The van der Waals surface area contributed by atoms with E-state index in [2.05, 4.69) is 12.1 Å². The van der Waals surface area contributed by atoms with Crippen LogP contribution >= 0.6 is 0 Å². The average molecular weight is 308 g/mol. The first kappa shape index (κ1) is 14.6. The summed E-state index contributed by atoms with van der Waals surface area (Å²) in [5, 5.41) is 0. The maximum atomic E-state index is 6.25. The Bertz CT molecular complexity index is 625. The van der Waals surface area contributed by atoms with Gasteiger partial charge in [-0.15, -0.1) is 0 Å². The molecule has 2 aliphatic carbocycles. The van der Waals surface area contributed by atoms with Gasteiger partial charge in [0.2, 0.25) is 0 Å². The predicted octanol–water partition coefficient (Wildman–Crippen LogP) is 5.22. The summed E-state index contributed by atoms with van der Waals surface area (Å²) in [7, 11) is 0. The Hall–Kier alpha value is -1.96. The molecular weight excluding hydrogens is 284 g/mol. The number of hydrogen-bond donors (Lipinski definition) is 0. The van der Waals surface area contributed by atoms with Crippen molar-refractivity contribution >= 4 is 0 Å². The van der Waals surface area contributed by atoms with Gasteiger partial charge in [-0.05, 0) is 48.8 Å². The smallest absolute Gasteiger partial charge is 0.123 e. The minimum absolute atomic E-state index is 0.394. The molecule has 0 saturated heterocycles. The van der Waals surface area contributed by atoms with E-state index in [0.717, 1.165) is 23.3 Å². The zero-order chi connectivity index (χ0) is 15.5. The zero-order valence-corrected chi connectivity index (χ0v) is 13.5. The highest BCUT2D eigenvalue weighted by molar-refractivity contribution is 5.33. The first-order valence-electron chi connectivity index (χ1n) is 8.78. The van der Waals surface area contributed by atoms with Crippen molar-refractivity contribution in [2.24, 2.45) is 11.8 Å². The SMILES string of the molecule is c1ccc(COc2cccc(OC3C[C@H]4CC[C@@H](C3)C4)c2)cc1. The van der Waals surface area contributed by atoms with Gasteiger partial charge in [0.15, 0.2) is 0 Å². The Labute approximate surface area is 138 Å². The topological polar surface area (TPSA) is 18.5 Å². The summed E-state index contributed by atoms with van der Waals surface area (Å²) in [5.41, 5.74) is 1.18. The number of fused-ring (bicyclic) bond motifs is 2. The van der Waals surface area contributed by atoms with Crippen LogP contribution in [0.25, 0.3) is 0 Å². The first-order valence-corrected chi connectivity index (χ1v) is 8.78. The van der Waals surface area contributed by atoms with Crippen molar-refractivity contribution in [1.82, 2.24) is 0 Å². The number of ether oxygens (including phenoxy) is 2. The molecule has 3 atom stereocenters. The third-order valence-electron chi connectivity index (χ3n) is 5.20. The van der Waals surface area contributed by atoms with Crippen molar-refractivity contribution in [3.8, 4) is 11.5 Å². The summed E-state index contributed by atoms with van der Waals surface area (Å²) in [6.07, 6.45) is 7.10. The fourth-order valence-corrected chi connectivity index (χ4v) is 4.11. The van der Waals surface area contributed by atoms with Crippen LogP contribution in [0.2, 0.25) is 0 Å². The number of rotatable bonds is 5. The van der Waals surface area contributed by atoms with Crippen LogP contribution in [0.15, 0.2) is 54.6 Å². The average Bonchev–Trinajstić information content (AvgIpc) is 2.93. The number of benzene rings is 2. The van der Waals surface area contributed by atoms with Crippen molar-refractivity contribution in [1.29, 1.82) is 0 Å². The third kappa shape index (κ3) is 3.69. The van der Waals surface area contributed by atoms with Gasteiger partial charge >= 0.3 is 0 Å². The van der Waals surface area contributed by atoms with Crippen molar-refractivity contribution in [2.75, 3.05) is 0 Å². The van der Waals surface area contributed by atoms with Crippen LogP contribution < -0.4 is 9.47 Å². The van der Waals surface area contributed by atoms with Crippen LogP contribution in [0, 0.1) is 11.8 Å². The Morgan fingerprint density at radius 3 is 2.30 bits per heavy atom. The lowest BCUT2D eigenvalue weighted by molar-refractivity contribution is 0.118. The third-order valence-corrected chi connectivity index (χ3v) is 5.20. The predicted molar refractivity (Wildman–Crippen MR) is 91.7 cm³/mol. The Morgan fingerprint density at radius 2 is 1.52 bits per heavy atom. The number of hydrogen-bond acceptors (Lipinski definition) is 2. The van der Waals surface area contributed by atoms with Crippen LogP contribution in [0.4, 0.5) is 0 Å². The molecule has 0 aliphatic heterocycles. The molecule has 2 aliphatic rings. The fourth-order valence-electron chi connectivity index (χ4n) is 4.11. The van der Waals surface area contributed by atoms with E-state index in [-0.39, 0.29) is 0 Å². The molecule has 0 spiro atoms. The Kier molecular flexibility index (Phi) is 4.23. The van der Waals surface area contributed by atoms with Gasteiger partial charge in [-0.2, -0.15) is 0 Å². The van der Waals surface area contributed by atoms with Crippen LogP contribution in [0.1, 0.15) is 37.7 Å².